The molecule has 1 heterocycles. The summed E-state index contributed by atoms with van der Waals surface area (Å²) in [5, 5.41) is 4.13. The Morgan fingerprint density at radius 3 is 2.58 bits per heavy atom. The summed E-state index contributed by atoms with van der Waals surface area (Å²) in [6.45, 7) is 4.61. The predicted octanol–water partition coefficient (Wildman–Crippen LogP) is 3.84. The SMILES string of the molecule is CCCCc1nc(C)c(C(=O)NCC(c2ccc(OC)cc2)N(C)C)s1. The summed E-state index contributed by atoms with van der Waals surface area (Å²) in [5.41, 5.74) is 1.96. The molecule has 0 radical (unpaired) electrons. The van der Waals surface area contributed by atoms with Gasteiger partial charge in [-0.1, -0.05) is 25.5 Å². The summed E-state index contributed by atoms with van der Waals surface area (Å²) in [5.74, 6) is 0.790. The van der Waals surface area contributed by atoms with E-state index in [1.807, 2.05) is 45.3 Å². The number of methoxy groups -OCH3 is 1. The third kappa shape index (κ3) is 5.29. The van der Waals surface area contributed by atoms with Crippen molar-refractivity contribution in [3.8, 4) is 5.75 Å². The summed E-state index contributed by atoms with van der Waals surface area (Å²) in [7, 11) is 5.69. The summed E-state index contributed by atoms with van der Waals surface area (Å²) < 4.78 is 5.22. The molecule has 0 saturated carbocycles. The minimum atomic E-state index is -0.0388. The van der Waals surface area contributed by atoms with Crippen LogP contribution in [-0.2, 0) is 6.42 Å². The molecule has 0 bridgehead atoms. The van der Waals surface area contributed by atoms with Gasteiger partial charge in [0.1, 0.15) is 10.6 Å². The molecule has 1 aromatic carbocycles. The van der Waals surface area contributed by atoms with E-state index in [9.17, 15) is 4.79 Å². The molecule has 6 heteroatoms. The van der Waals surface area contributed by atoms with Crippen molar-refractivity contribution in [2.75, 3.05) is 27.7 Å². The van der Waals surface area contributed by atoms with Crippen LogP contribution in [0.3, 0.4) is 0 Å². The Hall–Kier alpha value is -1.92. The summed E-state index contributed by atoms with van der Waals surface area (Å²) in [4.78, 5) is 20.0. The Labute approximate surface area is 160 Å². The molecule has 0 spiro atoms. The van der Waals surface area contributed by atoms with Gasteiger partial charge in [0, 0.05) is 6.54 Å². The van der Waals surface area contributed by atoms with Gasteiger partial charge in [-0.3, -0.25) is 4.79 Å². The number of nitrogens with zero attached hydrogens (tertiary/aromatic N) is 2. The van der Waals surface area contributed by atoms with Crippen LogP contribution in [0.25, 0.3) is 0 Å². The van der Waals surface area contributed by atoms with Crippen LogP contribution in [0.5, 0.6) is 5.75 Å². The van der Waals surface area contributed by atoms with Crippen LogP contribution < -0.4 is 10.1 Å². The normalized spacial score (nSPS) is 12.2. The van der Waals surface area contributed by atoms with E-state index in [0.717, 1.165) is 46.2 Å². The van der Waals surface area contributed by atoms with Crippen LogP contribution >= 0.6 is 11.3 Å². The molecule has 1 atom stereocenters. The van der Waals surface area contributed by atoms with E-state index >= 15 is 0 Å². The molecule has 1 N–H and O–H groups in total. The van der Waals surface area contributed by atoms with Crippen molar-refractivity contribution in [2.24, 2.45) is 0 Å². The topological polar surface area (TPSA) is 54.5 Å². The lowest BCUT2D eigenvalue weighted by Crippen LogP contribution is -2.34. The molecular weight excluding hydrogens is 346 g/mol. The van der Waals surface area contributed by atoms with Crippen molar-refractivity contribution in [3.05, 3.63) is 45.4 Å². The van der Waals surface area contributed by atoms with E-state index in [1.54, 1.807) is 7.11 Å². The number of ether oxygens (including phenoxy) is 1. The smallest absolute Gasteiger partial charge is 0.263 e. The molecule has 0 saturated heterocycles. The third-order valence-corrected chi connectivity index (χ3v) is 5.59. The number of aryl methyl sites for hydroxylation is 2. The highest BCUT2D eigenvalue weighted by Crippen LogP contribution is 2.22. The van der Waals surface area contributed by atoms with Gasteiger partial charge in [-0.25, -0.2) is 4.98 Å². The summed E-state index contributed by atoms with van der Waals surface area (Å²) in [6.07, 6.45) is 3.18. The molecule has 2 rings (SSSR count). The second kappa shape index (κ2) is 9.69. The van der Waals surface area contributed by atoms with Gasteiger partial charge in [-0.15, -0.1) is 11.3 Å². The first-order valence-electron chi connectivity index (χ1n) is 9.01. The highest BCUT2D eigenvalue weighted by atomic mass is 32.1. The van der Waals surface area contributed by atoms with Crippen LogP contribution in [0.15, 0.2) is 24.3 Å². The fraction of sp³-hybridized carbons (Fsp3) is 0.500. The van der Waals surface area contributed by atoms with Crippen molar-refractivity contribution in [3.63, 3.8) is 0 Å². The molecule has 0 aliphatic rings. The lowest BCUT2D eigenvalue weighted by atomic mass is 10.1. The first-order valence-corrected chi connectivity index (χ1v) is 9.82. The number of nitrogens with one attached hydrogen (secondary N) is 1. The molecule has 0 aliphatic heterocycles. The molecule has 0 fully saturated rings. The van der Waals surface area contributed by atoms with Crippen molar-refractivity contribution < 1.29 is 9.53 Å². The van der Waals surface area contributed by atoms with Gasteiger partial charge in [-0.05, 0) is 51.6 Å². The number of aromatic nitrogens is 1. The number of rotatable bonds is 9. The number of benzene rings is 1. The van der Waals surface area contributed by atoms with Crippen molar-refractivity contribution in [2.45, 2.75) is 39.2 Å². The van der Waals surface area contributed by atoms with Crippen molar-refractivity contribution in [1.82, 2.24) is 15.2 Å². The summed E-state index contributed by atoms with van der Waals surface area (Å²) in [6, 6.07) is 8.06. The second-order valence-corrected chi connectivity index (χ2v) is 7.67. The average Bonchev–Trinajstić information content (AvgIpc) is 3.01. The fourth-order valence-electron chi connectivity index (χ4n) is 2.79. The molecule has 5 nitrogen and oxygen atoms in total. The molecule has 142 valence electrons. The maximum Gasteiger partial charge on any atom is 0.263 e. The Kier molecular flexibility index (Phi) is 7.60. The predicted molar refractivity (Wildman–Crippen MR) is 107 cm³/mol. The lowest BCUT2D eigenvalue weighted by molar-refractivity contribution is 0.0945. The minimum Gasteiger partial charge on any atom is -0.497 e. The van der Waals surface area contributed by atoms with Gasteiger partial charge < -0.3 is 15.0 Å². The molecule has 2 aromatic rings. The quantitative estimate of drug-likeness (QED) is 0.724. The molecule has 26 heavy (non-hydrogen) atoms. The van der Waals surface area contributed by atoms with E-state index in [-0.39, 0.29) is 11.9 Å². The van der Waals surface area contributed by atoms with E-state index in [1.165, 1.54) is 11.3 Å². The number of likely N-dealkylation sites (N-methyl/N-ethyl adjacent to an activating group) is 1. The van der Waals surface area contributed by atoms with E-state index < -0.39 is 0 Å². The van der Waals surface area contributed by atoms with Gasteiger partial charge in [0.05, 0.1) is 23.9 Å². The van der Waals surface area contributed by atoms with E-state index in [0.29, 0.717) is 6.54 Å². The maximum absolute atomic E-state index is 12.6. The maximum atomic E-state index is 12.6. The molecule has 0 aliphatic carbocycles. The Balaban J connectivity index is 2.04. The Morgan fingerprint density at radius 2 is 2.00 bits per heavy atom. The average molecular weight is 376 g/mol. The van der Waals surface area contributed by atoms with Crippen LogP contribution in [0.4, 0.5) is 0 Å². The number of carbonyl (C=O) groups is 1. The zero-order valence-corrected chi connectivity index (χ0v) is 17.2. The second-order valence-electron chi connectivity index (χ2n) is 6.59. The zero-order chi connectivity index (χ0) is 19.1. The first kappa shape index (κ1) is 20.4. The number of hydrogen-bond acceptors (Lipinski definition) is 5. The monoisotopic (exact) mass is 375 g/mol. The molecule has 1 unspecified atom stereocenters. The molecular formula is C20H29N3O2S. The minimum absolute atomic E-state index is 0.0388. The lowest BCUT2D eigenvalue weighted by Gasteiger charge is -2.25. The highest BCUT2D eigenvalue weighted by molar-refractivity contribution is 7.13. The number of unbranched alkanes of at least 4 members (excludes halogenated alkanes) is 1. The van der Waals surface area contributed by atoms with Crippen molar-refractivity contribution in [1.29, 1.82) is 0 Å². The summed E-state index contributed by atoms with van der Waals surface area (Å²) >= 11 is 1.52. The molecule has 1 amide bonds. The van der Waals surface area contributed by atoms with Gasteiger partial charge in [0.25, 0.3) is 5.91 Å². The highest BCUT2D eigenvalue weighted by Gasteiger charge is 2.19. The van der Waals surface area contributed by atoms with Crippen LogP contribution in [-0.4, -0.2) is 43.5 Å². The van der Waals surface area contributed by atoms with Gasteiger partial charge in [-0.2, -0.15) is 0 Å². The molecule has 1 aromatic heterocycles. The van der Waals surface area contributed by atoms with Crippen LogP contribution in [0.2, 0.25) is 0 Å². The van der Waals surface area contributed by atoms with Crippen LogP contribution in [0, 0.1) is 6.92 Å². The number of carbonyl (C=O) groups excluding carboxylic acids is 1. The van der Waals surface area contributed by atoms with Crippen LogP contribution in [0.1, 0.15) is 51.7 Å². The van der Waals surface area contributed by atoms with Crippen molar-refractivity contribution >= 4 is 17.2 Å². The number of thiazole rings is 1. The van der Waals surface area contributed by atoms with Gasteiger partial charge in [0.15, 0.2) is 0 Å². The number of hydrogen-bond donors (Lipinski definition) is 1. The third-order valence-electron chi connectivity index (χ3n) is 4.37. The van der Waals surface area contributed by atoms with Gasteiger partial charge in [0.2, 0.25) is 0 Å². The fourth-order valence-corrected chi connectivity index (χ4v) is 3.81. The first-order chi connectivity index (χ1) is 12.5. The standard InChI is InChI=1S/C20H29N3O2S/c1-6-7-8-18-22-14(2)19(26-18)20(24)21-13-17(23(3)4)15-9-11-16(25-5)12-10-15/h9-12,17H,6-8,13H2,1-5H3,(H,21,24). The Morgan fingerprint density at radius 1 is 1.31 bits per heavy atom. The van der Waals surface area contributed by atoms with E-state index in [4.69, 9.17) is 4.74 Å². The largest absolute Gasteiger partial charge is 0.497 e. The van der Waals surface area contributed by atoms with E-state index in [2.05, 4.69) is 22.1 Å². The van der Waals surface area contributed by atoms with Gasteiger partial charge >= 0.3 is 0 Å². The Bertz CT molecular complexity index is 710. The number of amides is 1. The zero-order valence-electron chi connectivity index (χ0n) is 16.3.